The largest absolute Gasteiger partial charge is 0.394 e. The number of nitrogens with zero attached hydrogens (tertiary/aromatic N) is 2. The first-order chi connectivity index (χ1) is 13.1. The highest BCUT2D eigenvalue weighted by Gasteiger charge is 2.12. The van der Waals surface area contributed by atoms with Gasteiger partial charge in [-0.05, 0) is 49.1 Å². The summed E-state index contributed by atoms with van der Waals surface area (Å²) in [5.74, 6) is 1.22. The van der Waals surface area contributed by atoms with Crippen molar-refractivity contribution >= 4 is 17.5 Å². The number of anilines is 3. The van der Waals surface area contributed by atoms with Crippen LogP contribution in [-0.2, 0) is 6.42 Å². The Morgan fingerprint density at radius 1 is 1.11 bits per heavy atom. The van der Waals surface area contributed by atoms with Gasteiger partial charge in [-0.3, -0.25) is 0 Å². The average molecular weight is 362 g/mol. The van der Waals surface area contributed by atoms with Crippen LogP contribution in [0.15, 0.2) is 54.7 Å². The van der Waals surface area contributed by atoms with Crippen LogP contribution in [0.1, 0.15) is 25.0 Å². The van der Waals surface area contributed by atoms with Crippen molar-refractivity contribution < 1.29 is 5.11 Å². The molecule has 0 aliphatic rings. The summed E-state index contributed by atoms with van der Waals surface area (Å²) >= 11 is 0. The van der Waals surface area contributed by atoms with Crippen molar-refractivity contribution in [2.75, 3.05) is 17.2 Å². The lowest BCUT2D eigenvalue weighted by Gasteiger charge is -2.17. The Kier molecular flexibility index (Phi) is 6.04. The van der Waals surface area contributed by atoms with Gasteiger partial charge in [0.15, 0.2) is 0 Å². The number of benzene rings is 2. The molecule has 0 fully saturated rings. The normalized spacial score (nSPS) is 11.9. The molecule has 1 atom stereocenters. The molecule has 5 heteroatoms. The number of nitrogens with one attached hydrogen (secondary N) is 2. The van der Waals surface area contributed by atoms with Crippen LogP contribution in [0.3, 0.4) is 0 Å². The Balaban J connectivity index is 1.94. The van der Waals surface area contributed by atoms with Gasteiger partial charge in [0.2, 0.25) is 5.95 Å². The van der Waals surface area contributed by atoms with Crippen LogP contribution >= 0.6 is 0 Å². The van der Waals surface area contributed by atoms with Crippen LogP contribution < -0.4 is 10.6 Å². The standard InChI is InChI=1S/C22H26N4O/c1-4-17-8-10-18(11-9-17)20-13-23-22(26-21(20)24-16(3)14-27)25-19-7-5-6-15(2)12-19/h5-13,16,27H,4,14H2,1-3H3,(H2,23,24,25,26)/t16-/m1/s1. The van der Waals surface area contributed by atoms with Gasteiger partial charge in [0.1, 0.15) is 5.82 Å². The molecule has 0 amide bonds. The summed E-state index contributed by atoms with van der Waals surface area (Å²) < 4.78 is 0. The second-order valence-electron chi connectivity index (χ2n) is 6.73. The number of aryl methyl sites for hydroxylation is 2. The molecule has 27 heavy (non-hydrogen) atoms. The monoisotopic (exact) mass is 362 g/mol. The SMILES string of the molecule is CCc1ccc(-c2cnc(Nc3cccc(C)c3)nc2N[C@H](C)CO)cc1. The van der Waals surface area contributed by atoms with Gasteiger partial charge in [-0.15, -0.1) is 0 Å². The van der Waals surface area contributed by atoms with Gasteiger partial charge in [-0.2, -0.15) is 4.98 Å². The van der Waals surface area contributed by atoms with Crippen molar-refractivity contribution in [3.8, 4) is 11.1 Å². The van der Waals surface area contributed by atoms with Gasteiger partial charge < -0.3 is 15.7 Å². The van der Waals surface area contributed by atoms with Crippen LogP contribution in [0, 0.1) is 6.92 Å². The highest BCUT2D eigenvalue weighted by Crippen LogP contribution is 2.28. The number of aliphatic hydroxyl groups is 1. The minimum Gasteiger partial charge on any atom is -0.394 e. The molecule has 0 spiro atoms. The van der Waals surface area contributed by atoms with Gasteiger partial charge in [-0.25, -0.2) is 4.98 Å². The highest BCUT2D eigenvalue weighted by atomic mass is 16.3. The van der Waals surface area contributed by atoms with E-state index in [2.05, 4.69) is 51.8 Å². The maximum atomic E-state index is 9.44. The van der Waals surface area contributed by atoms with Crippen molar-refractivity contribution in [2.45, 2.75) is 33.2 Å². The van der Waals surface area contributed by atoms with Gasteiger partial charge in [0.05, 0.1) is 6.61 Å². The van der Waals surface area contributed by atoms with Crippen LogP contribution in [0.25, 0.3) is 11.1 Å². The fourth-order valence-corrected chi connectivity index (χ4v) is 2.81. The molecule has 0 radical (unpaired) electrons. The smallest absolute Gasteiger partial charge is 0.229 e. The molecule has 0 saturated heterocycles. The third-order valence-electron chi connectivity index (χ3n) is 4.39. The Bertz CT molecular complexity index is 893. The molecule has 0 saturated carbocycles. The third kappa shape index (κ3) is 4.83. The zero-order valence-corrected chi connectivity index (χ0v) is 16.0. The van der Waals surface area contributed by atoms with Crippen molar-refractivity contribution in [3.05, 3.63) is 65.9 Å². The van der Waals surface area contributed by atoms with E-state index in [9.17, 15) is 5.11 Å². The summed E-state index contributed by atoms with van der Waals surface area (Å²) in [7, 11) is 0. The summed E-state index contributed by atoms with van der Waals surface area (Å²) in [6, 6.07) is 16.4. The number of hydrogen-bond acceptors (Lipinski definition) is 5. The summed E-state index contributed by atoms with van der Waals surface area (Å²) in [6.07, 6.45) is 2.82. The van der Waals surface area contributed by atoms with Gasteiger partial charge >= 0.3 is 0 Å². The number of aromatic nitrogens is 2. The Labute approximate surface area is 160 Å². The quantitative estimate of drug-likeness (QED) is 0.575. The van der Waals surface area contributed by atoms with E-state index < -0.39 is 0 Å². The van der Waals surface area contributed by atoms with E-state index in [-0.39, 0.29) is 12.6 Å². The predicted molar refractivity (Wildman–Crippen MR) is 111 cm³/mol. The molecule has 3 N–H and O–H groups in total. The number of aliphatic hydroxyl groups excluding tert-OH is 1. The topological polar surface area (TPSA) is 70.1 Å². The van der Waals surface area contributed by atoms with E-state index in [4.69, 9.17) is 0 Å². The van der Waals surface area contributed by atoms with Crippen molar-refractivity contribution in [3.63, 3.8) is 0 Å². The summed E-state index contributed by atoms with van der Waals surface area (Å²) in [5, 5.41) is 16.0. The lowest BCUT2D eigenvalue weighted by molar-refractivity contribution is 0.281. The first-order valence-electron chi connectivity index (χ1n) is 9.26. The Hall–Kier alpha value is -2.92. The molecular formula is C22H26N4O. The van der Waals surface area contributed by atoms with Crippen LogP contribution in [0.5, 0.6) is 0 Å². The predicted octanol–water partition coefficient (Wildman–Crippen LogP) is 4.55. The molecule has 3 aromatic rings. The zero-order valence-electron chi connectivity index (χ0n) is 16.0. The molecule has 0 aliphatic heterocycles. The lowest BCUT2D eigenvalue weighted by Crippen LogP contribution is -2.21. The molecule has 0 bridgehead atoms. The lowest BCUT2D eigenvalue weighted by atomic mass is 10.0. The van der Waals surface area contributed by atoms with Crippen molar-refractivity contribution in [2.24, 2.45) is 0 Å². The van der Waals surface area contributed by atoms with Crippen LogP contribution in [0.4, 0.5) is 17.5 Å². The molecular weight excluding hydrogens is 336 g/mol. The zero-order chi connectivity index (χ0) is 19.2. The van der Waals surface area contributed by atoms with Gasteiger partial charge in [0, 0.05) is 23.5 Å². The highest BCUT2D eigenvalue weighted by molar-refractivity contribution is 5.76. The Morgan fingerprint density at radius 3 is 2.56 bits per heavy atom. The van der Waals surface area contributed by atoms with Gasteiger partial charge in [0.25, 0.3) is 0 Å². The van der Waals surface area contributed by atoms with E-state index in [1.807, 2.05) is 44.3 Å². The number of hydrogen-bond donors (Lipinski definition) is 3. The van der Waals surface area contributed by atoms with Crippen LogP contribution in [0.2, 0.25) is 0 Å². The fraction of sp³-hybridized carbons (Fsp3) is 0.273. The first-order valence-corrected chi connectivity index (χ1v) is 9.26. The Morgan fingerprint density at radius 2 is 1.89 bits per heavy atom. The fourth-order valence-electron chi connectivity index (χ4n) is 2.81. The summed E-state index contributed by atoms with van der Waals surface area (Å²) in [6.45, 7) is 6.13. The van der Waals surface area contributed by atoms with Crippen molar-refractivity contribution in [1.29, 1.82) is 0 Å². The van der Waals surface area contributed by atoms with E-state index in [1.165, 1.54) is 11.1 Å². The average Bonchev–Trinajstić information content (AvgIpc) is 2.68. The molecule has 0 aliphatic carbocycles. The summed E-state index contributed by atoms with van der Waals surface area (Å²) in [5.41, 5.74) is 5.35. The molecule has 1 heterocycles. The molecule has 0 unspecified atom stereocenters. The van der Waals surface area contributed by atoms with Crippen molar-refractivity contribution in [1.82, 2.24) is 9.97 Å². The van der Waals surface area contributed by atoms with Crippen LogP contribution in [-0.4, -0.2) is 27.7 Å². The van der Waals surface area contributed by atoms with E-state index >= 15 is 0 Å². The molecule has 140 valence electrons. The van der Waals surface area contributed by atoms with E-state index in [0.717, 1.165) is 23.2 Å². The number of rotatable bonds is 7. The molecule has 1 aromatic heterocycles. The van der Waals surface area contributed by atoms with E-state index in [0.29, 0.717) is 11.8 Å². The van der Waals surface area contributed by atoms with E-state index in [1.54, 1.807) is 0 Å². The van der Waals surface area contributed by atoms with Gasteiger partial charge in [-0.1, -0.05) is 43.3 Å². The maximum absolute atomic E-state index is 9.44. The minimum absolute atomic E-state index is 0.0266. The summed E-state index contributed by atoms with van der Waals surface area (Å²) in [4.78, 5) is 9.15. The molecule has 5 nitrogen and oxygen atoms in total. The maximum Gasteiger partial charge on any atom is 0.229 e. The third-order valence-corrected chi connectivity index (χ3v) is 4.39. The second kappa shape index (κ2) is 8.64. The minimum atomic E-state index is -0.111. The molecule has 3 rings (SSSR count). The first kappa shape index (κ1) is 18.9. The second-order valence-corrected chi connectivity index (χ2v) is 6.73. The molecule has 2 aromatic carbocycles.